The molecule has 0 amide bonds. The van der Waals surface area contributed by atoms with Crippen LogP contribution in [0.3, 0.4) is 0 Å². The highest BCUT2D eigenvalue weighted by Gasteiger charge is 2.17. The van der Waals surface area contributed by atoms with Crippen LogP contribution >= 0.6 is 0 Å². The molecule has 7 heteroatoms. The third-order valence-corrected chi connectivity index (χ3v) is 5.25. The van der Waals surface area contributed by atoms with Crippen molar-refractivity contribution in [3.63, 3.8) is 0 Å². The molecule has 4 rings (SSSR count). The summed E-state index contributed by atoms with van der Waals surface area (Å²) in [6, 6.07) is 8.80. The summed E-state index contributed by atoms with van der Waals surface area (Å²) in [6.45, 7) is 8.60. The zero-order chi connectivity index (χ0) is 18.6. The van der Waals surface area contributed by atoms with E-state index in [4.69, 9.17) is 0 Å². The normalized spacial score (nSPS) is 15.4. The Morgan fingerprint density at radius 1 is 1.04 bits per heavy atom. The van der Waals surface area contributed by atoms with Crippen LogP contribution < -0.4 is 10.2 Å². The number of fused-ring (bicyclic) bond motifs is 1. The van der Waals surface area contributed by atoms with Crippen molar-refractivity contribution >= 4 is 22.7 Å². The fourth-order valence-electron chi connectivity index (χ4n) is 3.75. The van der Waals surface area contributed by atoms with Gasteiger partial charge in [-0.1, -0.05) is 12.1 Å². The maximum Gasteiger partial charge on any atom is 0.165 e. The lowest BCUT2D eigenvalue weighted by Crippen LogP contribution is -2.46. The van der Waals surface area contributed by atoms with E-state index in [1.54, 1.807) is 6.33 Å². The van der Waals surface area contributed by atoms with Gasteiger partial charge in [0.25, 0.3) is 0 Å². The molecule has 1 saturated heterocycles. The smallest absolute Gasteiger partial charge is 0.165 e. The Balaban J connectivity index is 1.28. The number of hydrogen-bond donors (Lipinski definition) is 1. The molecule has 1 aliphatic rings. The summed E-state index contributed by atoms with van der Waals surface area (Å²) in [5, 5.41) is 3.07. The van der Waals surface area contributed by atoms with Crippen molar-refractivity contribution in [2.75, 3.05) is 50.0 Å². The van der Waals surface area contributed by atoms with E-state index in [9.17, 15) is 0 Å². The van der Waals surface area contributed by atoms with Crippen LogP contribution in [-0.2, 0) is 6.54 Å². The van der Waals surface area contributed by atoms with Crippen LogP contribution in [0.2, 0.25) is 0 Å². The molecule has 2 aromatic heterocycles. The summed E-state index contributed by atoms with van der Waals surface area (Å²) in [4.78, 5) is 18.1. The SMILES string of the molecule is CNc1ncnc2c1ncn2CCCN1CCN(c2cccc(C)c2)CC1. The van der Waals surface area contributed by atoms with Gasteiger partial charge < -0.3 is 14.8 Å². The zero-order valence-corrected chi connectivity index (χ0v) is 16.1. The monoisotopic (exact) mass is 365 g/mol. The van der Waals surface area contributed by atoms with Gasteiger partial charge in [0.1, 0.15) is 11.8 Å². The second kappa shape index (κ2) is 7.92. The minimum atomic E-state index is 0.783. The number of benzene rings is 1. The van der Waals surface area contributed by atoms with E-state index in [0.29, 0.717) is 0 Å². The number of anilines is 2. The molecule has 0 unspecified atom stereocenters. The van der Waals surface area contributed by atoms with Crippen molar-refractivity contribution in [1.82, 2.24) is 24.4 Å². The summed E-state index contributed by atoms with van der Waals surface area (Å²) in [5.41, 5.74) is 4.41. The van der Waals surface area contributed by atoms with E-state index in [0.717, 1.165) is 62.7 Å². The van der Waals surface area contributed by atoms with Gasteiger partial charge in [-0.3, -0.25) is 4.90 Å². The lowest BCUT2D eigenvalue weighted by atomic mass is 10.2. The molecule has 142 valence electrons. The van der Waals surface area contributed by atoms with Crippen molar-refractivity contribution in [2.45, 2.75) is 19.9 Å². The fraction of sp³-hybridized carbons (Fsp3) is 0.450. The van der Waals surface area contributed by atoms with Crippen molar-refractivity contribution in [2.24, 2.45) is 0 Å². The van der Waals surface area contributed by atoms with Crippen molar-refractivity contribution in [3.05, 3.63) is 42.5 Å². The molecule has 1 aromatic carbocycles. The second-order valence-corrected chi connectivity index (χ2v) is 7.10. The van der Waals surface area contributed by atoms with Gasteiger partial charge in [0.15, 0.2) is 11.5 Å². The lowest BCUT2D eigenvalue weighted by molar-refractivity contribution is 0.251. The molecule has 0 saturated carbocycles. The number of nitrogens with zero attached hydrogens (tertiary/aromatic N) is 6. The van der Waals surface area contributed by atoms with E-state index in [2.05, 4.69) is 65.8 Å². The first-order valence-electron chi connectivity index (χ1n) is 9.62. The van der Waals surface area contributed by atoms with E-state index in [1.165, 1.54) is 11.3 Å². The highest BCUT2D eigenvalue weighted by molar-refractivity contribution is 5.82. The first-order chi connectivity index (χ1) is 13.2. The lowest BCUT2D eigenvalue weighted by Gasteiger charge is -2.36. The quantitative estimate of drug-likeness (QED) is 0.724. The van der Waals surface area contributed by atoms with Gasteiger partial charge in [-0.05, 0) is 37.6 Å². The van der Waals surface area contributed by atoms with Crippen LogP contribution in [-0.4, -0.2) is 64.2 Å². The number of aromatic nitrogens is 4. The number of rotatable bonds is 6. The number of aryl methyl sites for hydroxylation is 2. The Bertz CT molecular complexity index is 896. The standard InChI is InChI=1S/C20H27N7/c1-16-5-3-6-17(13-16)26-11-9-25(10-12-26)7-4-8-27-15-24-18-19(21-2)22-14-23-20(18)27/h3,5-6,13-15H,4,7-12H2,1-2H3,(H,21,22,23). The Labute approximate surface area is 160 Å². The summed E-state index contributed by atoms with van der Waals surface area (Å²) in [5.74, 6) is 0.783. The van der Waals surface area contributed by atoms with Crippen LogP contribution in [0.4, 0.5) is 11.5 Å². The largest absolute Gasteiger partial charge is 0.371 e. The molecule has 7 nitrogen and oxygen atoms in total. The Morgan fingerprint density at radius 2 is 1.89 bits per heavy atom. The third kappa shape index (κ3) is 3.88. The van der Waals surface area contributed by atoms with Crippen LogP contribution in [0.25, 0.3) is 11.2 Å². The second-order valence-electron chi connectivity index (χ2n) is 7.10. The van der Waals surface area contributed by atoms with Crippen molar-refractivity contribution in [3.8, 4) is 0 Å². The molecule has 3 aromatic rings. The minimum Gasteiger partial charge on any atom is -0.371 e. The predicted octanol–water partition coefficient (Wildman–Crippen LogP) is 2.39. The number of piperazine rings is 1. The van der Waals surface area contributed by atoms with E-state index in [1.807, 2.05) is 13.4 Å². The first-order valence-corrected chi connectivity index (χ1v) is 9.62. The van der Waals surface area contributed by atoms with Gasteiger partial charge in [0.05, 0.1) is 6.33 Å². The topological polar surface area (TPSA) is 62.1 Å². The first kappa shape index (κ1) is 17.7. The molecule has 0 aliphatic carbocycles. The average Bonchev–Trinajstić information content (AvgIpc) is 3.12. The van der Waals surface area contributed by atoms with Gasteiger partial charge >= 0.3 is 0 Å². The molecule has 27 heavy (non-hydrogen) atoms. The molecule has 0 radical (unpaired) electrons. The maximum atomic E-state index is 4.46. The third-order valence-electron chi connectivity index (χ3n) is 5.25. The van der Waals surface area contributed by atoms with E-state index >= 15 is 0 Å². The molecule has 0 spiro atoms. The molecule has 1 fully saturated rings. The molecular formula is C20H27N7. The van der Waals surface area contributed by atoms with Crippen LogP contribution in [0, 0.1) is 6.92 Å². The number of hydrogen-bond acceptors (Lipinski definition) is 6. The molecular weight excluding hydrogens is 338 g/mol. The van der Waals surface area contributed by atoms with Crippen molar-refractivity contribution in [1.29, 1.82) is 0 Å². The van der Waals surface area contributed by atoms with Crippen LogP contribution in [0.5, 0.6) is 0 Å². The molecule has 0 atom stereocenters. The van der Waals surface area contributed by atoms with E-state index in [-0.39, 0.29) is 0 Å². The highest BCUT2D eigenvalue weighted by atomic mass is 15.3. The molecule has 3 heterocycles. The summed E-state index contributed by atoms with van der Waals surface area (Å²) >= 11 is 0. The summed E-state index contributed by atoms with van der Waals surface area (Å²) < 4.78 is 2.13. The van der Waals surface area contributed by atoms with Gasteiger partial charge in [0, 0.05) is 45.5 Å². The average molecular weight is 365 g/mol. The Hall–Kier alpha value is -2.67. The number of imidazole rings is 1. The highest BCUT2D eigenvalue weighted by Crippen LogP contribution is 2.19. The Morgan fingerprint density at radius 3 is 2.67 bits per heavy atom. The molecule has 1 N–H and O–H groups in total. The van der Waals surface area contributed by atoms with Crippen LogP contribution in [0.1, 0.15) is 12.0 Å². The maximum absolute atomic E-state index is 4.46. The van der Waals surface area contributed by atoms with Gasteiger partial charge in [-0.2, -0.15) is 0 Å². The summed E-state index contributed by atoms with van der Waals surface area (Å²) in [6.07, 6.45) is 4.56. The van der Waals surface area contributed by atoms with E-state index < -0.39 is 0 Å². The zero-order valence-electron chi connectivity index (χ0n) is 16.1. The van der Waals surface area contributed by atoms with Crippen molar-refractivity contribution < 1.29 is 0 Å². The predicted molar refractivity (Wildman–Crippen MR) is 109 cm³/mol. The molecule has 1 aliphatic heterocycles. The van der Waals surface area contributed by atoms with Gasteiger partial charge in [0.2, 0.25) is 0 Å². The minimum absolute atomic E-state index is 0.783. The molecule has 0 bridgehead atoms. The fourth-order valence-corrected chi connectivity index (χ4v) is 3.75. The number of nitrogens with one attached hydrogen (secondary N) is 1. The Kier molecular flexibility index (Phi) is 5.20. The van der Waals surface area contributed by atoms with Gasteiger partial charge in [-0.25, -0.2) is 15.0 Å². The summed E-state index contributed by atoms with van der Waals surface area (Å²) in [7, 11) is 1.86. The van der Waals surface area contributed by atoms with Crippen LogP contribution in [0.15, 0.2) is 36.9 Å². The van der Waals surface area contributed by atoms with Gasteiger partial charge in [-0.15, -0.1) is 0 Å².